The van der Waals surface area contributed by atoms with Gasteiger partial charge in [-0.2, -0.15) is 0 Å². The molecule has 17 heavy (non-hydrogen) atoms. The quantitative estimate of drug-likeness (QED) is 0.838. The third kappa shape index (κ3) is 2.05. The van der Waals surface area contributed by atoms with Crippen molar-refractivity contribution >= 4 is 0 Å². The van der Waals surface area contributed by atoms with Gasteiger partial charge in [0.2, 0.25) is 0 Å². The maximum absolute atomic E-state index is 9.63. The van der Waals surface area contributed by atoms with Gasteiger partial charge in [0.1, 0.15) is 5.75 Å². The lowest BCUT2D eigenvalue weighted by molar-refractivity contribution is 0.202. The largest absolute Gasteiger partial charge is 0.508 e. The van der Waals surface area contributed by atoms with E-state index in [0.29, 0.717) is 5.75 Å². The van der Waals surface area contributed by atoms with Crippen LogP contribution in [0.4, 0.5) is 0 Å². The lowest BCUT2D eigenvalue weighted by Gasteiger charge is -2.33. The van der Waals surface area contributed by atoms with E-state index < -0.39 is 0 Å². The maximum Gasteiger partial charge on any atom is 0.115 e. The number of phenols is 1. The third-order valence-corrected chi connectivity index (χ3v) is 4.06. The number of hydrogen-bond acceptors (Lipinski definition) is 3. The summed E-state index contributed by atoms with van der Waals surface area (Å²) in [6, 6.07) is 7.89. The first-order chi connectivity index (χ1) is 8.19. The molecule has 0 radical (unpaired) electrons. The Bertz CT molecular complexity index is 408. The minimum absolute atomic E-state index is 0.0574. The highest BCUT2D eigenvalue weighted by Crippen LogP contribution is 2.48. The molecule has 1 saturated carbocycles. The number of rotatable bonds is 3. The van der Waals surface area contributed by atoms with Gasteiger partial charge in [-0.1, -0.05) is 12.1 Å². The van der Waals surface area contributed by atoms with Gasteiger partial charge >= 0.3 is 0 Å². The minimum Gasteiger partial charge on any atom is -0.508 e. The molecule has 1 aromatic rings. The number of nitrogens with two attached hydrogens (primary N) is 1. The molecule has 92 valence electrons. The zero-order valence-electron chi connectivity index (χ0n) is 10.1. The highest BCUT2D eigenvalue weighted by molar-refractivity contribution is 5.33. The van der Waals surface area contributed by atoms with Gasteiger partial charge in [-0.05, 0) is 56.5 Å². The molecule has 3 nitrogen and oxygen atoms in total. The molecule has 2 aliphatic rings. The topological polar surface area (TPSA) is 49.5 Å². The molecule has 1 aliphatic heterocycles. The molecular weight excluding hydrogens is 212 g/mol. The summed E-state index contributed by atoms with van der Waals surface area (Å²) >= 11 is 0. The van der Waals surface area contributed by atoms with Crippen LogP contribution in [-0.4, -0.2) is 28.6 Å². The van der Waals surface area contributed by atoms with Crippen molar-refractivity contribution in [3.05, 3.63) is 29.8 Å². The first-order valence-corrected chi connectivity index (χ1v) is 6.51. The van der Waals surface area contributed by atoms with Gasteiger partial charge in [0.25, 0.3) is 0 Å². The molecule has 1 saturated heterocycles. The zero-order valence-corrected chi connectivity index (χ0v) is 10.1. The maximum atomic E-state index is 9.63. The first kappa shape index (κ1) is 11.1. The number of benzene rings is 1. The van der Waals surface area contributed by atoms with Gasteiger partial charge in [-0.3, -0.25) is 4.90 Å². The van der Waals surface area contributed by atoms with Crippen molar-refractivity contribution in [2.24, 2.45) is 5.73 Å². The van der Waals surface area contributed by atoms with E-state index in [1.54, 1.807) is 6.07 Å². The van der Waals surface area contributed by atoms with E-state index in [2.05, 4.69) is 11.0 Å². The van der Waals surface area contributed by atoms with Crippen LogP contribution in [0.25, 0.3) is 0 Å². The molecule has 3 rings (SSSR count). The van der Waals surface area contributed by atoms with E-state index in [1.807, 2.05) is 12.1 Å². The first-order valence-electron chi connectivity index (χ1n) is 6.51. The number of phenolic OH excluding ortho intramolecular Hbond substituents is 1. The Hall–Kier alpha value is -1.06. The zero-order chi connectivity index (χ0) is 11.9. The van der Waals surface area contributed by atoms with Crippen molar-refractivity contribution in [2.45, 2.75) is 37.3 Å². The standard InChI is InChI=1S/C14H20N2O/c15-14(6-7-14)13(16-8-1-2-9-16)11-4-3-5-12(17)10-11/h3-5,10,13,17H,1-2,6-9,15H2. The summed E-state index contributed by atoms with van der Waals surface area (Å²) in [6.45, 7) is 2.28. The molecule has 1 aromatic carbocycles. The van der Waals surface area contributed by atoms with Crippen molar-refractivity contribution in [1.29, 1.82) is 0 Å². The molecule has 0 amide bonds. The summed E-state index contributed by atoms with van der Waals surface area (Å²) in [6.07, 6.45) is 4.74. The van der Waals surface area contributed by atoms with Gasteiger partial charge in [0, 0.05) is 5.54 Å². The molecule has 0 aromatic heterocycles. The second kappa shape index (κ2) is 4.00. The van der Waals surface area contributed by atoms with Crippen molar-refractivity contribution in [3.8, 4) is 5.75 Å². The average molecular weight is 232 g/mol. The van der Waals surface area contributed by atoms with Crippen molar-refractivity contribution in [1.82, 2.24) is 4.90 Å². The Kier molecular flexibility index (Phi) is 2.60. The van der Waals surface area contributed by atoms with E-state index >= 15 is 0 Å². The van der Waals surface area contributed by atoms with Crippen LogP contribution in [0, 0.1) is 0 Å². The highest BCUT2D eigenvalue weighted by atomic mass is 16.3. The van der Waals surface area contributed by atoms with Gasteiger partial charge in [0.05, 0.1) is 6.04 Å². The Morgan fingerprint density at radius 1 is 1.24 bits per heavy atom. The fraction of sp³-hybridized carbons (Fsp3) is 0.571. The minimum atomic E-state index is -0.0574. The second-order valence-electron chi connectivity index (χ2n) is 5.47. The van der Waals surface area contributed by atoms with Crippen LogP contribution in [0.15, 0.2) is 24.3 Å². The van der Waals surface area contributed by atoms with E-state index in [4.69, 9.17) is 5.73 Å². The predicted molar refractivity (Wildman–Crippen MR) is 67.8 cm³/mol. The number of nitrogens with zero attached hydrogens (tertiary/aromatic N) is 1. The molecule has 2 fully saturated rings. The lowest BCUT2D eigenvalue weighted by Crippen LogP contribution is -2.41. The van der Waals surface area contributed by atoms with Crippen LogP contribution < -0.4 is 5.73 Å². The van der Waals surface area contributed by atoms with E-state index in [0.717, 1.165) is 25.9 Å². The van der Waals surface area contributed by atoms with Crippen LogP contribution in [0.3, 0.4) is 0 Å². The Balaban J connectivity index is 1.93. The van der Waals surface area contributed by atoms with Crippen LogP contribution in [0.1, 0.15) is 37.3 Å². The summed E-state index contributed by atoms with van der Waals surface area (Å²) in [5.41, 5.74) is 7.55. The summed E-state index contributed by atoms with van der Waals surface area (Å²) in [5.74, 6) is 0.343. The molecule has 1 heterocycles. The van der Waals surface area contributed by atoms with E-state index in [-0.39, 0.29) is 11.6 Å². The van der Waals surface area contributed by atoms with Crippen molar-refractivity contribution in [2.75, 3.05) is 13.1 Å². The van der Waals surface area contributed by atoms with Gasteiger partial charge in [-0.15, -0.1) is 0 Å². The molecule has 1 unspecified atom stereocenters. The van der Waals surface area contributed by atoms with Crippen LogP contribution in [0.5, 0.6) is 5.75 Å². The van der Waals surface area contributed by atoms with Gasteiger partial charge < -0.3 is 10.8 Å². The monoisotopic (exact) mass is 232 g/mol. The molecule has 3 heteroatoms. The summed E-state index contributed by atoms with van der Waals surface area (Å²) in [4.78, 5) is 2.49. The smallest absolute Gasteiger partial charge is 0.115 e. The molecular formula is C14H20N2O. The Labute approximate surface area is 102 Å². The van der Waals surface area contributed by atoms with Crippen molar-refractivity contribution in [3.63, 3.8) is 0 Å². The van der Waals surface area contributed by atoms with E-state index in [9.17, 15) is 5.11 Å². The van der Waals surface area contributed by atoms with Crippen LogP contribution >= 0.6 is 0 Å². The SMILES string of the molecule is NC1(C(c2cccc(O)c2)N2CCCC2)CC1. The van der Waals surface area contributed by atoms with Crippen LogP contribution in [-0.2, 0) is 0 Å². The number of hydrogen-bond donors (Lipinski definition) is 2. The predicted octanol–water partition coefficient (Wildman–Crippen LogP) is 2.02. The summed E-state index contributed by atoms with van der Waals surface area (Å²) < 4.78 is 0. The van der Waals surface area contributed by atoms with E-state index in [1.165, 1.54) is 18.4 Å². The Morgan fingerprint density at radius 3 is 2.53 bits per heavy atom. The normalized spacial score (nSPS) is 24.8. The fourth-order valence-corrected chi connectivity index (χ4v) is 3.02. The lowest BCUT2D eigenvalue weighted by atomic mass is 9.96. The average Bonchev–Trinajstić information content (AvgIpc) is 2.82. The molecule has 0 spiro atoms. The molecule has 1 aliphatic carbocycles. The summed E-state index contributed by atoms with van der Waals surface area (Å²) in [5, 5.41) is 9.63. The molecule has 0 bridgehead atoms. The third-order valence-electron chi connectivity index (χ3n) is 4.06. The highest BCUT2D eigenvalue weighted by Gasteiger charge is 2.49. The number of likely N-dealkylation sites (tertiary alicyclic amines) is 1. The number of aromatic hydroxyl groups is 1. The molecule has 1 atom stereocenters. The van der Waals surface area contributed by atoms with Crippen molar-refractivity contribution < 1.29 is 5.11 Å². The second-order valence-corrected chi connectivity index (χ2v) is 5.47. The molecule has 3 N–H and O–H groups in total. The Morgan fingerprint density at radius 2 is 1.94 bits per heavy atom. The summed E-state index contributed by atoms with van der Waals surface area (Å²) in [7, 11) is 0. The fourth-order valence-electron chi connectivity index (χ4n) is 3.02. The van der Waals surface area contributed by atoms with Gasteiger partial charge in [0.15, 0.2) is 0 Å². The van der Waals surface area contributed by atoms with Gasteiger partial charge in [-0.25, -0.2) is 0 Å². The van der Waals surface area contributed by atoms with Crippen LogP contribution in [0.2, 0.25) is 0 Å².